The molecule has 2 unspecified atom stereocenters. The number of aromatic nitrogens is 2. The van der Waals surface area contributed by atoms with Gasteiger partial charge in [-0.15, -0.1) is 0 Å². The zero-order chi connectivity index (χ0) is 14.4. The van der Waals surface area contributed by atoms with Crippen molar-refractivity contribution in [1.29, 1.82) is 0 Å². The topological polar surface area (TPSA) is 113 Å². The van der Waals surface area contributed by atoms with Gasteiger partial charge in [-0.1, -0.05) is 6.92 Å². The molecule has 106 valence electrons. The van der Waals surface area contributed by atoms with E-state index in [0.29, 0.717) is 12.5 Å². The molecule has 1 heterocycles. The minimum absolute atomic E-state index is 0.00683. The summed E-state index contributed by atoms with van der Waals surface area (Å²) >= 11 is 0. The Labute approximate surface area is 111 Å². The van der Waals surface area contributed by atoms with Gasteiger partial charge in [-0.2, -0.15) is 4.98 Å². The Morgan fingerprint density at radius 1 is 1.53 bits per heavy atom. The fraction of sp³-hybridized carbons (Fsp3) is 0.636. The summed E-state index contributed by atoms with van der Waals surface area (Å²) in [7, 11) is 0. The Kier molecular flexibility index (Phi) is 5.43. The molecule has 0 bridgehead atoms. The molecule has 8 nitrogen and oxygen atoms in total. The molecule has 3 N–H and O–H groups in total. The third kappa shape index (κ3) is 4.02. The molecule has 8 heteroatoms. The number of nitrogens with zero attached hydrogens (tertiary/aromatic N) is 3. The molecule has 0 saturated carbocycles. The number of hydrogen-bond acceptors (Lipinski definition) is 7. The highest BCUT2D eigenvalue weighted by Crippen LogP contribution is 2.23. The smallest absolute Gasteiger partial charge is 0.329 e. The summed E-state index contributed by atoms with van der Waals surface area (Å²) in [5.41, 5.74) is -0.182. The van der Waals surface area contributed by atoms with Crippen molar-refractivity contribution in [3.8, 4) is 0 Å². The van der Waals surface area contributed by atoms with Crippen LogP contribution < -0.4 is 10.6 Å². The van der Waals surface area contributed by atoms with Crippen LogP contribution in [0.2, 0.25) is 0 Å². The number of aliphatic hydroxyl groups excluding tert-OH is 1. The van der Waals surface area contributed by atoms with Gasteiger partial charge in [0.25, 0.3) is 0 Å². The van der Waals surface area contributed by atoms with E-state index in [9.17, 15) is 10.1 Å². The summed E-state index contributed by atoms with van der Waals surface area (Å²) < 4.78 is 0. The second-order valence-electron chi connectivity index (χ2n) is 4.31. The highest BCUT2D eigenvalue weighted by Gasteiger charge is 2.20. The van der Waals surface area contributed by atoms with Crippen molar-refractivity contribution in [3.05, 3.63) is 16.3 Å². The Morgan fingerprint density at radius 3 is 2.74 bits per heavy atom. The van der Waals surface area contributed by atoms with Gasteiger partial charge >= 0.3 is 5.69 Å². The first-order chi connectivity index (χ1) is 8.99. The van der Waals surface area contributed by atoms with Gasteiger partial charge in [0.2, 0.25) is 11.8 Å². The number of hydrogen-bond donors (Lipinski definition) is 3. The summed E-state index contributed by atoms with van der Waals surface area (Å²) in [5.74, 6) is 0.445. The van der Waals surface area contributed by atoms with Crippen LogP contribution in [0.1, 0.15) is 20.8 Å². The van der Waals surface area contributed by atoms with E-state index in [-0.39, 0.29) is 30.1 Å². The average Bonchev–Trinajstić information content (AvgIpc) is 2.38. The molecule has 0 saturated heterocycles. The van der Waals surface area contributed by atoms with Crippen LogP contribution in [-0.2, 0) is 0 Å². The normalized spacial score (nSPS) is 13.7. The van der Waals surface area contributed by atoms with E-state index in [1.54, 1.807) is 0 Å². The number of aliphatic hydroxyl groups is 1. The summed E-state index contributed by atoms with van der Waals surface area (Å²) in [4.78, 5) is 18.3. The van der Waals surface area contributed by atoms with Gasteiger partial charge in [0.15, 0.2) is 0 Å². The van der Waals surface area contributed by atoms with E-state index >= 15 is 0 Å². The highest BCUT2D eigenvalue weighted by atomic mass is 16.6. The van der Waals surface area contributed by atoms with Crippen molar-refractivity contribution in [2.45, 2.75) is 26.8 Å². The predicted octanol–water partition coefficient (Wildman–Crippen LogP) is 1.25. The molecule has 19 heavy (non-hydrogen) atoms. The van der Waals surface area contributed by atoms with E-state index in [2.05, 4.69) is 20.6 Å². The summed E-state index contributed by atoms with van der Waals surface area (Å²) in [6, 6.07) is -0.145. The lowest BCUT2D eigenvalue weighted by molar-refractivity contribution is -0.384. The lowest BCUT2D eigenvalue weighted by atomic mass is 10.1. The zero-order valence-corrected chi connectivity index (χ0v) is 11.3. The second-order valence-corrected chi connectivity index (χ2v) is 4.31. The molecule has 0 aliphatic heterocycles. The molecule has 2 atom stereocenters. The summed E-state index contributed by atoms with van der Waals surface area (Å²) in [6.45, 7) is 6.18. The van der Waals surface area contributed by atoms with Crippen molar-refractivity contribution in [3.63, 3.8) is 0 Å². The first-order valence-electron chi connectivity index (χ1n) is 6.12. The standard InChI is InChI=1S/C11H19N5O3/c1-4-12-11-13-5-9(16(18)19)10(15-11)14-8(3)7(2)6-17/h5,7-8,17H,4,6H2,1-3H3,(H2,12,13,14,15). The lowest BCUT2D eigenvalue weighted by Crippen LogP contribution is -2.27. The quantitative estimate of drug-likeness (QED) is 0.504. The Morgan fingerprint density at radius 2 is 2.21 bits per heavy atom. The van der Waals surface area contributed by atoms with Crippen molar-refractivity contribution in [2.75, 3.05) is 23.8 Å². The molecule has 0 fully saturated rings. The first-order valence-corrected chi connectivity index (χ1v) is 6.12. The minimum Gasteiger partial charge on any atom is -0.396 e. The largest absolute Gasteiger partial charge is 0.396 e. The number of nitrogens with one attached hydrogen (secondary N) is 2. The molecule has 0 spiro atoms. The molecule has 0 radical (unpaired) electrons. The monoisotopic (exact) mass is 269 g/mol. The second kappa shape index (κ2) is 6.83. The molecule has 1 rings (SSSR count). The van der Waals surface area contributed by atoms with Gasteiger partial charge in [0, 0.05) is 19.2 Å². The predicted molar refractivity (Wildman–Crippen MR) is 72.2 cm³/mol. The van der Waals surface area contributed by atoms with E-state index in [1.165, 1.54) is 6.20 Å². The fourth-order valence-electron chi connectivity index (χ4n) is 1.37. The van der Waals surface area contributed by atoms with Crippen LogP contribution in [0.3, 0.4) is 0 Å². The van der Waals surface area contributed by atoms with Crippen molar-refractivity contribution >= 4 is 17.5 Å². The van der Waals surface area contributed by atoms with Crippen LogP contribution in [0.4, 0.5) is 17.5 Å². The Hall–Kier alpha value is -1.96. The van der Waals surface area contributed by atoms with E-state index in [4.69, 9.17) is 5.11 Å². The van der Waals surface area contributed by atoms with Gasteiger partial charge in [-0.25, -0.2) is 4.98 Å². The summed E-state index contributed by atoms with van der Waals surface area (Å²) in [5, 5.41) is 25.9. The third-order valence-corrected chi connectivity index (χ3v) is 2.81. The van der Waals surface area contributed by atoms with Gasteiger partial charge in [-0.05, 0) is 19.8 Å². The van der Waals surface area contributed by atoms with Crippen molar-refractivity contribution in [1.82, 2.24) is 9.97 Å². The minimum atomic E-state index is -0.533. The van der Waals surface area contributed by atoms with Gasteiger partial charge in [0.1, 0.15) is 6.20 Å². The van der Waals surface area contributed by atoms with Crippen molar-refractivity contribution < 1.29 is 10.0 Å². The van der Waals surface area contributed by atoms with Crippen LogP contribution >= 0.6 is 0 Å². The Balaban J connectivity index is 3.00. The third-order valence-electron chi connectivity index (χ3n) is 2.81. The maximum absolute atomic E-state index is 10.9. The van der Waals surface area contributed by atoms with Crippen LogP contribution in [0.15, 0.2) is 6.20 Å². The first kappa shape index (κ1) is 15.1. The van der Waals surface area contributed by atoms with Crippen LogP contribution in [0.5, 0.6) is 0 Å². The number of rotatable bonds is 7. The zero-order valence-electron chi connectivity index (χ0n) is 11.3. The Bertz CT molecular complexity index is 440. The van der Waals surface area contributed by atoms with E-state index in [1.807, 2.05) is 20.8 Å². The molecule has 0 amide bonds. The molecule has 0 aromatic carbocycles. The average molecular weight is 269 g/mol. The number of nitro groups is 1. The molecule has 0 aliphatic rings. The maximum atomic E-state index is 10.9. The molecule has 1 aromatic rings. The van der Waals surface area contributed by atoms with Gasteiger partial charge in [-0.3, -0.25) is 10.1 Å². The number of anilines is 2. The van der Waals surface area contributed by atoms with Crippen LogP contribution in [0.25, 0.3) is 0 Å². The van der Waals surface area contributed by atoms with E-state index in [0.717, 1.165) is 0 Å². The lowest BCUT2D eigenvalue weighted by Gasteiger charge is -2.19. The van der Waals surface area contributed by atoms with Crippen LogP contribution in [-0.4, -0.2) is 39.2 Å². The molecule has 0 aliphatic carbocycles. The van der Waals surface area contributed by atoms with E-state index < -0.39 is 4.92 Å². The highest BCUT2D eigenvalue weighted by molar-refractivity contribution is 5.57. The molecule has 1 aromatic heterocycles. The molecular weight excluding hydrogens is 250 g/mol. The van der Waals surface area contributed by atoms with Crippen molar-refractivity contribution in [2.24, 2.45) is 5.92 Å². The summed E-state index contributed by atoms with van der Waals surface area (Å²) in [6.07, 6.45) is 1.17. The molecular formula is C11H19N5O3. The maximum Gasteiger partial charge on any atom is 0.329 e. The van der Waals surface area contributed by atoms with Gasteiger partial charge < -0.3 is 15.7 Å². The van der Waals surface area contributed by atoms with Crippen LogP contribution in [0, 0.1) is 16.0 Å². The fourth-order valence-corrected chi connectivity index (χ4v) is 1.37. The van der Waals surface area contributed by atoms with Gasteiger partial charge in [0.05, 0.1) is 4.92 Å². The SMILES string of the molecule is CCNc1ncc([N+](=O)[O-])c(NC(C)C(C)CO)n1.